The van der Waals surface area contributed by atoms with Gasteiger partial charge in [-0.15, -0.1) is 0 Å². The van der Waals surface area contributed by atoms with Gasteiger partial charge in [-0.3, -0.25) is 14.5 Å². The van der Waals surface area contributed by atoms with Crippen LogP contribution in [0.1, 0.15) is 37.8 Å². The number of anilines is 1. The van der Waals surface area contributed by atoms with Gasteiger partial charge in [-0.2, -0.15) is 0 Å². The first kappa shape index (κ1) is 18.8. The van der Waals surface area contributed by atoms with Crippen molar-refractivity contribution in [3.05, 3.63) is 59.3 Å². The first-order chi connectivity index (χ1) is 12.8. The van der Waals surface area contributed by atoms with E-state index >= 15 is 0 Å². The summed E-state index contributed by atoms with van der Waals surface area (Å²) in [5.41, 5.74) is 0.586. The lowest BCUT2D eigenvalue weighted by Gasteiger charge is -2.25. The van der Waals surface area contributed by atoms with E-state index in [-0.39, 0.29) is 23.7 Å². The molecule has 1 unspecified atom stereocenters. The fourth-order valence-electron chi connectivity index (χ4n) is 3.27. The average molecular weight is 369 g/mol. The standard InChI is InChI=1S/C21H23NO5/c1-12(2)10-16(23)18-19(17-9-8-13(3)27-17)22(21(25)20(18)24)14-6-5-7-15(11-14)26-4/h5-9,11-12,19,24H,10H2,1-4H3. The summed E-state index contributed by atoms with van der Waals surface area (Å²) in [5.74, 6) is 0.330. The van der Waals surface area contributed by atoms with Crippen LogP contribution < -0.4 is 9.64 Å². The van der Waals surface area contributed by atoms with Crippen LogP contribution >= 0.6 is 0 Å². The molecule has 1 aromatic heterocycles. The van der Waals surface area contributed by atoms with E-state index in [9.17, 15) is 14.7 Å². The van der Waals surface area contributed by atoms with Crippen molar-refractivity contribution in [1.29, 1.82) is 0 Å². The number of amides is 1. The Morgan fingerprint density at radius 1 is 1.30 bits per heavy atom. The van der Waals surface area contributed by atoms with Gasteiger partial charge in [0.1, 0.15) is 23.3 Å². The number of rotatable bonds is 6. The first-order valence-electron chi connectivity index (χ1n) is 8.83. The van der Waals surface area contributed by atoms with Crippen LogP contribution in [0.5, 0.6) is 5.75 Å². The summed E-state index contributed by atoms with van der Waals surface area (Å²) >= 11 is 0. The summed E-state index contributed by atoms with van der Waals surface area (Å²) in [6, 6.07) is 9.59. The lowest BCUT2D eigenvalue weighted by Crippen LogP contribution is -2.30. The van der Waals surface area contributed by atoms with Crippen molar-refractivity contribution < 1.29 is 23.8 Å². The van der Waals surface area contributed by atoms with Gasteiger partial charge in [0.15, 0.2) is 11.5 Å². The van der Waals surface area contributed by atoms with Crippen LogP contribution in [0.3, 0.4) is 0 Å². The van der Waals surface area contributed by atoms with Gasteiger partial charge in [0.2, 0.25) is 0 Å². The van der Waals surface area contributed by atoms with E-state index in [2.05, 4.69) is 0 Å². The third-order valence-corrected chi connectivity index (χ3v) is 4.46. The third-order valence-electron chi connectivity index (χ3n) is 4.46. The molecule has 6 heteroatoms. The molecule has 1 amide bonds. The van der Waals surface area contributed by atoms with Gasteiger partial charge in [0.05, 0.1) is 12.7 Å². The molecular weight excluding hydrogens is 346 g/mol. The Balaban J connectivity index is 2.13. The molecule has 6 nitrogen and oxygen atoms in total. The Morgan fingerprint density at radius 2 is 2.04 bits per heavy atom. The number of hydrogen-bond donors (Lipinski definition) is 1. The highest BCUT2D eigenvalue weighted by Crippen LogP contribution is 2.42. The summed E-state index contributed by atoms with van der Waals surface area (Å²) < 4.78 is 11.0. The number of ketones is 1. The molecule has 1 N–H and O–H groups in total. The maximum absolute atomic E-state index is 12.9. The highest BCUT2D eigenvalue weighted by Gasteiger charge is 2.45. The minimum Gasteiger partial charge on any atom is -0.503 e. The number of benzene rings is 1. The number of carbonyl (C=O) groups is 2. The minimum atomic E-state index is -0.815. The summed E-state index contributed by atoms with van der Waals surface area (Å²) in [6.07, 6.45) is 0.231. The maximum atomic E-state index is 12.9. The molecule has 3 rings (SSSR count). The molecule has 0 saturated carbocycles. The monoisotopic (exact) mass is 369 g/mol. The number of furan rings is 1. The normalized spacial score (nSPS) is 17.1. The molecule has 27 heavy (non-hydrogen) atoms. The maximum Gasteiger partial charge on any atom is 0.294 e. The Kier molecular flexibility index (Phi) is 5.08. The van der Waals surface area contributed by atoms with Crippen LogP contribution in [0.4, 0.5) is 5.69 Å². The van der Waals surface area contributed by atoms with Gasteiger partial charge >= 0.3 is 0 Å². The van der Waals surface area contributed by atoms with Gasteiger partial charge in [0, 0.05) is 18.2 Å². The van der Waals surface area contributed by atoms with Crippen molar-refractivity contribution in [2.24, 2.45) is 5.92 Å². The predicted molar refractivity (Wildman–Crippen MR) is 101 cm³/mol. The van der Waals surface area contributed by atoms with Crippen LogP contribution in [0.15, 0.2) is 52.1 Å². The molecule has 0 saturated heterocycles. The fourth-order valence-corrected chi connectivity index (χ4v) is 3.27. The zero-order valence-electron chi connectivity index (χ0n) is 15.9. The first-order valence-corrected chi connectivity index (χ1v) is 8.83. The Labute approximate surface area is 158 Å². The molecule has 1 aliphatic rings. The zero-order valence-corrected chi connectivity index (χ0v) is 15.9. The van der Waals surface area contributed by atoms with Crippen molar-refractivity contribution in [3.8, 4) is 5.75 Å². The summed E-state index contributed by atoms with van der Waals surface area (Å²) in [5, 5.41) is 10.5. The van der Waals surface area contributed by atoms with Crippen molar-refractivity contribution in [3.63, 3.8) is 0 Å². The zero-order chi connectivity index (χ0) is 19.7. The topological polar surface area (TPSA) is 80.0 Å². The third kappa shape index (κ3) is 3.47. The number of aliphatic hydroxyl groups is 1. The number of methoxy groups -OCH3 is 1. The molecule has 0 fully saturated rings. The number of nitrogens with zero attached hydrogens (tertiary/aromatic N) is 1. The van der Waals surface area contributed by atoms with Crippen LogP contribution in [0.25, 0.3) is 0 Å². The van der Waals surface area contributed by atoms with Crippen LogP contribution in [0.2, 0.25) is 0 Å². The molecular formula is C21H23NO5. The van der Waals surface area contributed by atoms with E-state index in [0.29, 0.717) is 23.0 Å². The molecule has 0 bridgehead atoms. The van der Waals surface area contributed by atoms with Crippen LogP contribution in [0, 0.1) is 12.8 Å². The lowest BCUT2D eigenvalue weighted by atomic mass is 9.95. The fraction of sp³-hybridized carbons (Fsp3) is 0.333. The lowest BCUT2D eigenvalue weighted by molar-refractivity contribution is -0.118. The molecule has 0 aliphatic carbocycles. The van der Waals surface area contributed by atoms with Crippen molar-refractivity contribution >= 4 is 17.4 Å². The summed E-state index contributed by atoms with van der Waals surface area (Å²) in [4.78, 5) is 27.1. The molecule has 1 aromatic carbocycles. The number of ether oxygens (including phenoxy) is 1. The van der Waals surface area contributed by atoms with Gasteiger partial charge in [-0.25, -0.2) is 0 Å². The molecule has 142 valence electrons. The van der Waals surface area contributed by atoms with Gasteiger partial charge in [-0.05, 0) is 37.1 Å². The smallest absolute Gasteiger partial charge is 0.294 e. The second kappa shape index (κ2) is 7.31. The SMILES string of the molecule is COc1cccc(N2C(=O)C(O)=C(C(=O)CC(C)C)C2c2ccc(C)o2)c1. The Morgan fingerprint density at radius 3 is 2.63 bits per heavy atom. The second-order valence-electron chi connectivity index (χ2n) is 7.01. The number of hydrogen-bond acceptors (Lipinski definition) is 5. The molecule has 0 radical (unpaired) electrons. The van der Waals surface area contributed by atoms with Crippen molar-refractivity contribution in [2.45, 2.75) is 33.2 Å². The minimum absolute atomic E-state index is 0.0749. The highest BCUT2D eigenvalue weighted by atomic mass is 16.5. The van der Waals surface area contributed by atoms with E-state index in [1.807, 2.05) is 13.8 Å². The number of aliphatic hydroxyl groups excluding tert-OH is 1. The molecule has 0 spiro atoms. The quantitative estimate of drug-likeness (QED) is 0.829. The van der Waals surface area contributed by atoms with E-state index in [0.717, 1.165) is 0 Å². The Bertz CT molecular complexity index is 909. The Hall–Kier alpha value is -3.02. The van der Waals surface area contributed by atoms with E-state index < -0.39 is 17.7 Å². The van der Waals surface area contributed by atoms with Crippen LogP contribution in [-0.4, -0.2) is 23.9 Å². The van der Waals surface area contributed by atoms with Gasteiger partial charge in [0.25, 0.3) is 5.91 Å². The number of Topliss-reactive ketones (excluding diaryl/α,β-unsaturated/α-hetero) is 1. The molecule has 2 heterocycles. The van der Waals surface area contributed by atoms with E-state index in [4.69, 9.17) is 9.15 Å². The number of carbonyl (C=O) groups excluding carboxylic acids is 2. The highest BCUT2D eigenvalue weighted by molar-refractivity contribution is 6.16. The molecule has 2 aromatic rings. The van der Waals surface area contributed by atoms with E-state index in [1.54, 1.807) is 43.3 Å². The van der Waals surface area contributed by atoms with Crippen molar-refractivity contribution in [1.82, 2.24) is 0 Å². The molecule has 1 aliphatic heterocycles. The average Bonchev–Trinajstić information content (AvgIpc) is 3.16. The van der Waals surface area contributed by atoms with Crippen molar-refractivity contribution in [2.75, 3.05) is 12.0 Å². The molecule has 1 atom stereocenters. The van der Waals surface area contributed by atoms with E-state index in [1.165, 1.54) is 12.0 Å². The van der Waals surface area contributed by atoms with Crippen LogP contribution in [-0.2, 0) is 9.59 Å². The van der Waals surface area contributed by atoms with Gasteiger partial charge in [-0.1, -0.05) is 19.9 Å². The number of aryl methyl sites for hydroxylation is 1. The largest absolute Gasteiger partial charge is 0.503 e. The summed E-state index contributed by atoms with van der Waals surface area (Å²) in [7, 11) is 1.53. The second-order valence-corrected chi connectivity index (χ2v) is 7.01. The summed E-state index contributed by atoms with van der Waals surface area (Å²) in [6.45, 7) is 5.62. The van der Waals surface area contributed by atoms with Gasteiger partial charge < -0.3 is 14.3 Å². The predicted octanol–water partition coefficient (Wildman–Crippen LogP) is 4.11.